The molecule has 0 fully saturated rings. The molecule has 0 radical (unpaired) electrons. The van der Waals surface area contributed by atoms with Crippen molar-refractivity contribution in [3.8, 4) is 6.07 Å². The molecule has 23 heavy (non-hydrogen) atoms. The van der Waals surface area contributed by atoms with Crippen LogP contribution in [0.3, 0.4) is 0 Å². The van der Waals surface area contributed by atoms with Crippen LogP contribution in [0.2, 0.25) is 5.02 Å². The number of benzene rings is 2. The van der Waals surface area contributed by atoms with Gasteiger partial charge in [0.05, 0.1) is 11.6 Å². The van der Waals surface area contributed by atoms with Gasteiger partial charge in [-0.1, -0.05) is 35.9 Å². The Bertz CT molecular complexity index is 764. The maximum atomic E-state index is 11.3. The van der Waals surface area contributed by atoms with Crippen LogP contribution in [0, 0.1) is 11.3 Å². The van der Waals surface area contributed by atoms with E-state index in [4.69, 9.17) is 16.9 Å². The van der Waals surface area contributed by atoms with Crippen LogP contribution in [0.15, 0.2) is 48.5 Å². The first-order valence-electron chi connectivity index (χ1n) is 7.07. The molecule has 0 aromatic heterocycles. The molecule has 0 bridgehead atoms. The SMILES string of the molecule is CS(=O)Cc1cc(NCC=Cc2ccc(C#N)cc2)ccc1Cl. The molecule has 1 N–H and O–H groups in total. The van der Waals surface area contributed by atoms with E-state index in [0.29, 0.717) is 22.9 Å². The molecule has 2 rings (SSSR count). The van der Waals surface area contributed by atoms with Gasteiger partial charge in [-0.2, -0.15) is 5.26 Å². The lowest BCUT2D eigenvalue weighted by atomic mass is 10.1. The summed E-state index contributed by atoms with van der Waals surface area (Å²) in [6.07, 6.45) is 5.66. The maximum Gasteiger partial charge on any atom is 0.0991 e. The lowest BCUT2D eigenvalue weighted by Gasteiger charge is -2.08. The van der Waals surface area contributed by atoms with E-state index >= 15 is 0 Å². The first-order chi connectivity index (χ1) is 11.1. The molecular weight excluding hydrogens is 328 g/mol. The van der Waals surface area contributed by atoms with Crippen molar-refractivity contribution in [3.05, 3.63) is 70.3 Å². The molecule has 0 aliphatic heterocycles. The highest BCUT2D eigenvalue weighted by molar-refractivity contribution is 7.83. The highest BCUT2D eigenvalue weighted by Crippen LogP contribution is 2.21. The van der Waals surface area contributed by atoms with Crippen LogP contribution in [-0.4, -0.2) is 17.0 Å². The van der Waals surface area contributed by atoms with Crippen molar-refractivity contribution in [1.82, 2.24) is 0 Å². The van der Waals surface area contributed by atoms with Crippen LogP contribution in [0.4, 0.5) is 5.69 Å². The van der Waals surface area contributed by atoms with Gasteiger partial charge < -0.3 is 5.32 Å². The van der Waals surface area contributed by atoms with Crippen LogP contribution in [-0.2, 0) is 16.6 Å². The zero-order chi connectivity index (χ0) is 16.7. The van der Waals surface area contributed by atoms with Gasteiger partial charge in [0.15, 0.2) is 0 Å². The summed E-state index contributed by atoms with van der Waals surface area (Å²) in [7, 11) is -0.919. The van der Waals surface area contributed by atoms with Crippen molar-refractivity contribution in [2.75, 3.05) is 18.1 Å². The number of rotatable bonds is 6. The zero-order valence-electron chi connectivity index (χ0n) is 12.8. The lowest BCUT2D eigenvalue weighted by molar-refractivity contribution is 0.686. The summed E-state index contributed by atoms with van der Waals surface area (Å²) in [5.41, 5.74) is 3.53. The van der Waals surface area contributed by atoms with Crippen molar-refractivity contribution < 1.29 is 4.21 Å². The lowest BCUT2D eigenvalue weighted by Crippen LogP contribution is -2.00. The second-order valence-electron chi connectivity index (χ2n) is 5.04. The Morgan fingerprint density at radius 1 is 1.26 bits per heavy atom. The Balaban J connectivity index is 1.94. The van der Waals surface area contributed by atoms with Crippen molar-refractivity contribution in [2.45, 2.75) is 5.75 Å². The van der Waals surface area contributed by atoms with E-state index in [2.05, 4.69) is 11.4 Å². The molecule has 0 aliphatic carbocycles. The van der Waals surface area contributed by atoms with Crippen LogP contribution in [0.5, 0.6) is 0 Å². The Labute approximate surface area is 144 Å². The number of hydrogen-bond acceptors (Lipinski definition) is 3. The Hall–Kier alpha value is -2.09. The van der Waals surface area contributed by atoms with Gasteiger partial charge in [0, 0.05) is 40.1 Å². The van der Waals surface area contributed by atoms with E-state index in [1.54, 1.807) is 18.4 Å². The van der Waals surface area contributed by atoms with Gasteiger partial charge in [-0.05, 0) is 41.5 Å². The van der Waals surface area contributed by atoms with E-state index in [1.807, 2.05) is 42.5 Å². The number of nitrogens with one attached hydrogen (secondary N) is 1. The third-order valence-electron chi connectivity index (χ3n) is 3.18. The molecule has 0 saturated heterocycles. The molecule has 3 nitrogen and oxygen atoms in total. The Morgan fingerprint density at radius 2 is 2.00 bits per heavy atom. The van der Waals surface area contributed by atoms with Gasteiger partial charge in [-0.25, -0.2) is 0 Å². The van der Waals surface area contributed by atoms with Crippen molar-refractivity contribution in [3.63, 3.8) is 0 Å². The van der Waals surface area contributed by atoms with Crippen LogP contribution in [0.25, 0.3) is 6.08 Å². The normalized spacial score (nSPS) is 12.0. The molecule has 0 spiro atoms. The predicted octanol–water partition coefficient (Wildman–Crippen LogP) is 4.22. The second kappa shape index (κ2) is 8.52. The number of nitriles is 1. The number of anilines is 1. The first kappa shape index (κ1) is 17.3. The predicted molar refractivity (Wildman–Crippen MR) is 97.9 cm³/mol. The number of nitrogens with zero attached hydrogens (tertiary/aromatic N) is 1. The quantitative estimate of drug-likeness (QED) is 0.853. The van der Waals surface area contributed by atoms with Crippen molar-refractivity contribution in [2.24, 2.45) is 0 Å². The highest BCUT2D eigenvalue weighted by Gasteiger charge is 2.03. The number of halogens is 1. The molecule has 0 saturated carbocycles. The Kier molecular flexibility index (Phi) is 6.40. The van der Waals surface area contributed by atoms with Gasteiger partial charge in [0.1, 0.15) is 0 Å². The molecule has 1 unspecified atom stereocenters. The summed E-state index contributed by atoms with van der Waals surface area (Å²) in [5, 5.41) is 12.7. The van der Waals surface area contributed by atoms with Gasteiger partial charge in [-0.3, -0.25) is 4.21 Å². The zero-order valence-corrected chi connectivity index (χ0v) is 14.3. The molecule has 0 aliphatic rings. The van der Waals surface area contributed by atoms with Crippen molar-refractivity contribution >= 4 is 34.2 Å². The minimum absolute atomic E-state index is 0.454. The monoisotopic (exact) mass is 344 g/mol. The number of hydrogen-bond donors (Lipinski definition) is 1. The highest BCUT2D eigenvalue weighted by atomic mass is 35.5. The molecule has 5 heteroatoms. The second-order valence-corrected chi connectivity index (χ2v) is 6.88. The molecule has 0 heterocycles. The minimum Gasteiger partial charge on any atom is -0.382 e. The molecular formula is C18H17ClN2OS. The fourth-order valence-electron chi connectivity index (χ4n) is 2.05. The molecule has 2 aromatic carbocycles. The first-order valence-corrected chi connectivity index (χ1v) is 9.18. The summed E-state index contributed by atoms with van der Waals surface area (Å²) in [5.74, 6) is 0.454. The average Bonchev–Trinajstić information content (AvgIpc) is 2.54. The van der Waals surface area contributed by atoms with E-state index in [-0.39, 0.29) is 0 Å². The third-order valence-corrected chi connectivity index (χ3v) is 4.26. The summed E-state index contributed by atoms with van der Waals surface area (Å²) in [6.45, 7) is 0.663. The summed E-state index contributed by atoms with van der Waals surface area (Å²) >= 11 is 6.11. The smallest absolute Gasteiger partial charge is 0.0991 e. The largest absolute Gasteiger partial charge is 0.382 e. The van der Waals surface area contributed by atoms with E-state index < -0.39 is 10.8 Å². The topological polar surface area (TPSA) is 52.9 Å². The summed E-state index contributed by atoms with van der Waals surface area (Å²) in [4.78, 5) is 0. The summed E-state index contributed by atoms with van der Waals surface area (Å²) in [6, 6.07) is 15.2. The van der Waals surface area contributed by atoms with Crippen molar-refractivity contribution in [1.29, 1.82) is 5.26 Å². The fraction of sp³-hybridized carbons (Fsp3) is 0.167. The fourth-order valence-corrected chi connectivity index (χ4v) is 3.00. The molecule has 2 aromatic rings. The summed E-state index contributed by atoms with van der Waals surface area (Å²) < 4.78 is 11.3. The minimum atomic E-state index is -0.919. The average molecular weight is 345 g/mol. The third kappa shape index (κ3) is 5.55. The van der Waals surface area contributed by atoms with Crippen LogP contribution >= 0.6 is 11.6 Å². The van der Waals surface area contributed by atoms with E-state index in [1.165, 1.54) is 0 Å². The van der Waals surface area contributed by atoms with Gasteiger partial charge in [0.2, 0.25) is 0 Å². The van der Waals surface area contributed by atoms with Gasteiger partial charge >= 0.3 is 0 Å². The van der Waals surface area contributed by atoms with E-state index in [0.717, 1.165) is 16.8 Å². The maximum absolute atomic E-state index is 11.3. The van der Waals surface area contributed by atoms with Gasteiger partial charge in [-0.15, -0.1) is 0 Å². The standard InChI is InChI=1S/C18H17ClN2OS/c1-23(22)13-16-11-17(8-9-18(16)19)21-10-2-3-14-4-6-15(12-20)7-5-14/h2-9,11,21H,10,13H2,1H3. The van der Waals surface area contributed by atoms with Crippen LogP contribution in [0.1, 0.15) is 16.7 Å². The molecule has 0 amide bonds. The van der Waals surface area contributed by atoms with E-state index in [9.17, 15) is 4.21 Å². The van der Waals surface area contributed by atoms with Gasteiger partial charge in [0.25, 0.3) is 0 Å². The van der Waals surface area contributed by atoms with Crippen LogP contribution < -0.4 is 5.32 Å². The Morgan fingerprint density at radius 3 is 2.65 bits per heavy atom. The molecule has 118 valence electrons. The molecule has 1 atom stereocenters.